The first-order valence-electron chi connectivity index (χ1n) is 7.66. The molecule has 1 aliphatic heterocycles. The van der Waals surface area contributed by atoms with Gasteiger partial charge in [0.05, 0.1) is 11.6 Å². The van der Waals surface area contributed by atoms with Crippen LogP contribution in [0.15, 0.2) is 29.2 Å². The van der Waals surface area contributed by atoms with Crippen molar-refractivity contribution in [2.45, 2.75) is 30.5 Å². The third-order valence-corrected chi connectivity index (χ3v) is 5.14. The Hall–Kier alpha value is -0.133. The van der Waals surface area contributed by atoms with E-state index in [0.717, 1.165) is 5.88 Å². The number of benzene rings is 1. The number of hydrogen-bond acceptors (Lipinski definition) is 6. The molecule has 1 aliphatic rings. The molecule has 0 aliphatic carbocycles. The van der Waals surface area contributed by atoms with Gasteiger partial charge < -0.3 is 4.90 Å². The molecular formula is C12H26NO12S5Si. The highest BCUT2D eigenvalue weighted by molar-refractivity contribution is 7.99. The molecule has 31 heavy (non-hydrogen) atoms. The van der Waals surface area contributed by atoms with E-state index in [1.54, 1.807) is 0 Å². The monoisotopic (exact) mass is 564 g/mol. The number of hydrogen-bond donors (Lipinski definition) is 8. The summed E-state index contributed by atoms with van der Waals surface area (Å²) >= 11 is -8.48. The van der Waals surface area contributed by atoms with E-state index < -0.39 is 45.4 Å². The molecule has 0 unspecified atom stereocenters. The highest BCUT2D eigenvalue weighted by Gasteiger charge is 2.18. The van der Waals surface area contributed by atoms with E-state index >= 15 is 0 Å². The first-order chi connectivity index (χ1) is 14.2. The maximum atomic E-state index is 8.67. The van der Waals surface area contributed by atoms with Crippen LogP contribution in [-0.4, -0.2) is 74.5 Å². The minimum absolute atomic E-state index is 0.0362. The van der Waals surface area contributed by atoms with Crippen molar-refractivity contribution >= 4 is 71.7 Å². The van der Waals surface area contributed by atoms with E-state index in [4.69, 9.17) is 53.3 Å². The van der Waals surface area contributed by atoms with Gasteiger partial charge in [-0.05, 0) is 18.6 Å². The zero-order valence-electron chi connectivity index (χ0n) is 16.3. The molecule has 19 heteroatoms. The lowest BCUT2D eigenvalue weighted by molar-refractivity contribution is 0.452. The summed E-state index contributed by atoms with van der Waals surface area (Å²) in [6.45, 7) is 6.04. The average Bonchev–Trinajstić information content (AvgIpc) is 2.96. The summed E-state index contributed by atoms with van der Waals surface area (Å²) in [5, 5.41) is 0. The largest absolute Gasteiger partial charge is 0.361 e. The van der Waals surface area contributed by atoms with Crippen LogP contribution in [0.3, 0.4) is 0 Å². The van der Waals surface area contributed by atoms with Crippen molar-refractivity contribution in [3.05, 3.63) is 24.3 Å². The van der Waals surface area contributed by atoms with Crippen LogP contribution < -0.4 is 4.90 Å². The van der Waals surface area contributed by atoms with Gasteiger partial charge >= 0.3 is 0 Å². The van der Waals surface area contributed by atoms with Crippen molar-refractivity contribution in [1.82, 2.24) is 0 Å². The molecule has 8 N–H and O–H groups in total. The zero-order valence-corrected chi connectivity index (χ0v) is 21.4. The molecule has 0 fully saturated rings. The van der Waals surface area contributed by atoms with Crippen molar-refractivity contribution in [3.63, 3.8) is 0 Å². The Bertz CT molecular complexity index is 619. The average molecular weight is 565 g/mol. The molecule has 0 aromatic heterocycles. The number of rotatable bonds is 4. The standard InChI is InChI=1S/C12H18NSSi.4H2O3S/c1-15(2)9-5-8-13-10-14-12-7-4-3-6-11(12)13;4*1-4(2)3/h3-4,6-7H,5,8-10H2,1-2H3;4*(H2,1,2,3). The van der Waals surface area contributed by atoms with Gasteiger partial charge in [0, 0.05) is 20.2 Å². The van der Waals surface area contributed by atoms with E-state index in [2.05, 4.69) is 42.3 Å². The normalized spacial score (nSPS) is 11.6. The molecule has 13 nitrogen and oxygen atoms in total. The molecule has 0 saturated carbocycles. The SMILES string of the molecule is C[Si](C)CCCN1CSc2ccccc21.O=S(O)O.O=S(O)O.O=S(O)O.O=S(O)O. The molecule has 2 rings (SSSR count). The van der Waals surface area contributed by atoms with E-state index in [1.165, 1.54) is 29.6 Å². The van der Waals surface area contributed by atoms with Gasteiger partial charge in [0.15, 0.2) is 0 Å². The Kier molecular flexibility index (Phi) is 26.4. The van der Waals surface area contributed by atoms with Crippen molar-refractivity contribution in [1.29, 1.82) is 0 Å². The van der Waals surface area contributed by atoms with Crippen LogP contribution in [0.5, 0.6) is 0 Å². The van der Waals surface area contributed by atoms with E-state index in [-0.39, 0.29) is 8.80 Å². The van der Waals surface area contributed by atoms with Crippen molar-refractivity contribution < 1.29 is 53.3 Å². The molecule has 1 aromatic carbocycles. The van der Waals surface area contributed by atoms with Gasteiger partial charge in [-0.15, -0.1) is 11.8 Å². The topological polar surface area (TPSA) is 233 Å². The first kappa shape index (κ1) is 35.5. The van der Waals surface area contributed by atoms with Gasteiger partial charge in [-0.3, -0.25) is 36.4 Å². The third-order valence-electron chi connectivity index (χ3n) is 2.69. The highest BCUT2D eigenvalue weighted by Crippen LogP contribution is 2.37. The summed E-state index contributed by atoms with van der Waals surface area (Å²) in [6, 6.07) is 10.2. The van der Waals surface area contributed by atoms with Gasteiger partial charge in [-0.25, -0.2) is 0 Å². The predicted octanol–water partition coefficient (Wildman–Crippen LogP) is 2.43. The van der Waals surface area contributed by atoms with Crippen LogP contribution in [0.1, 0.15) is 6.42 Å². The molecular weight excluding hydrogens is 539 g/mol. The summed E-state index contributed by atoms with van der Waals surface area (Å²) < 4.78 is 91.3. The van der Waals surface area contributed by atoms with Crippen molar-refractivity contribution in [2.24, 2.45) is 0 Å². The molecule has 1 aromatic rings. The second-order valence-electron chi connectivity index (χ2n) is 5.24. The van der Waals surface area contributed by atoms with Crippen LogP contribution in [0.25, 0.3) is 0 Å². The fourth-order valence-corrected chi connectivity index (χ4v) is 3.81. The van der Waals surface area contributed by atoms with Crippen molar-refractivity contribution in [3.8, 4) is 0 Å². The number of para-hydroxylation sites is 1. The Morgan fingerprint density at radius 1 is 0.839 bits per heavy atom. The Balaban J connectivity index is -0.000000404. The van der Waals surface area contributed by atoms with Crippen LogP contribution in [0.4, 0.5) is 5.69 Å². The van der Waals surface area contributed by atoms with E-state index in [9.17, 15) is 0 Å². The van der Waals surface area contributed by atoms with Gasteiger partial charge in [-0.2, -0.15) is 16.8 Å². The van der Waals surface area contributed by atoms with E-state index in [1.807, 2.05) is 11.8 Å². The minimum Gasteiger partial charge on any atom is -0.361 e. The first-order valence-corrected chi connectivity index (χ1v) is 15.6. The van der Waals surface area contributed by atoms with Gasteiger partial charge in [-0.1, -0.05) is 31.3 Å². The number of fused-ring (bicyclic) bond motifs is 1. The van der Waals surface area contributed by atoms with E-state index in [0.29, 0.717) is 0 Å². The summed E-state index contributed by atoms with van der Waals surface area (Å²) in [7, 11) is -0.0362. The van der Waals surface area contributed by atoms with Crippen LogP contribution >= 0.6 is 11.8 Å². The fraction of sp³-hybridized carbons (Fsp3) is 0.500. The number of anilines is 1. The van der Waals surface area contributed by atoms with Crippen molar-refractivity contribution in [2.75, 3.05) is 17.3 Å². The smallest absolute Gasteiger partial charge is 0.299 e. The van der Waals surface area contributed by atoms with Crippen LogP contribution in [0, 0.1) is 0 Å². The summed E-state index contributed by atoms with van der Waals surface area (Å²) in [5.41, 5.74) is 1.45. The van der Waals surface area contributed by atoms with Gasteiger partial charge in [0.25, 0.3) is 45.4 Å². The van der Waals surface area contributed by atoms with Crippen LogP contribution in [0.2, 0.25) is 19.1 Å². The molecule has 0 amide bonds. The summed E-state index contributed by atoms with van der Waals surface area (Å²) in [6.07, 6.45) is 1.36. The van der Waals surface area contributed by atoms with Gasteiger partial charge in [0.2, 0.25) is 0 Å². The summed E-state index contributed by atoms with van der Waals surface area (Å²) in [5.74, 6) is 1.15. The van der Waals surface area contributed by atoms with Gasteiger partial charge in [0.1, 0.15) is 0 Å². The molecule has 0 bridgehead atoms. The lowest BCUT2D eigenvalue weighted by Crippen LogP contribution is -2.21. The predicted molar refractivity (Wildman–Crippen MR) is 125 cm³/mol. The maximum absolute atomic E-state index is 8.67. The number of nitrogens with zero attached hydrogens (tertiary/aromatic N) is 1. The number of thioether (sulfide) groups is 1. The molecule has 0 spiro atoms. The summed E-state index contributed by atoms with van der Waals surface area (Å²) in [4.78, 5) is 3.97. The Morgan fingerprint density at radius 2 is 1.23 bits per heavy atom. The highest BCUT2D eigenvalue weighted by atomic mass is 32.2. The molecule has 1 heterocycles. The second kappa shape index (κ2) is 23.0. The lowest BCUT2D eigenvalue weighted by Gasteiger charge is -2.18. The third kappa shape index (κ3) is 34.7. The molecule has 0 saturated heterocycles. The Labute approximate surface area is 196 Å². The fourth-order valence-electron chi connectivity index (χ4n) is 1.87. The molecule has 185 valence electrons. The van der Waals surface area contributed by atoms with Crippen LogP contribution in [-0.2, 0) is 45.4 Å². The maximum Gasteiger partial charge on any atom is 0.299 e. The Morgan fingerprint density at radius 3 is 1.61 bits per heavy atom. The molecule has 0 atom stereocenters. The molecule has 1 radical (unpaired) electrons. The lowest BCUT2D eigenvalue weighted by atomic mass is 10.3. The quantitative estimate of drug-likeness (QED) is 0.194. The zero-order chi connectivity index (χ0) is 25.0. The second-order valence-corrected chi connectivity index (χ2v) is 11.0. The minimum atomic E-state index is -2.61.